The summed E-state index contributed by atoms with van der Waals surface area (Å²) in [6.45, 7) is 0.290. The van der Waals surface area contributed by atoms with Crippen LogP contribution in [0, 0.1) is 5.82 Å². The van der Waals surface area contributed by atoms with Gasteiger partial charge in [-0.3, -0.25) is 14.7 Å². The smallest absolute Gasteiger partial charge is 0.329 e. The van der Waals surface area contributed by atoms with E-state index >= 15 is 0 Å². The standard InChI is InChI=1S/C18H14FN2O5PS/c19-12-5-6-14-13(7-12)16-15(8-26-14)28-18(20-16)21-17(22)11-3-1-10(2-4-11)9-27(23,24)25/h1-7H,8-9H2,(H,20,21,22)(H2,23,24,25). The predicted octanol–water partition coefficient (Wildman–Crippen LogP) is 3.77. The second-order valence-electron chi connectivity index (χ2n) is 6.19. The SMILES string of the molecule is O=C(Nc1nc2c(s1)COc1ccc(F)cc1-2)c1ccc(CP(=O)(O)O)cc1. The Labute approximate surface area is 163 Å². The quantitative estimate of drug-likeness (QED) is 0.555. The van der Waals surface area contributed by atoms with Crippen LogP contribution in [0.4, 0.5) is 9.52 Å². The van der Waals surface area contributed by atoms with Crippen LogP contribution in [0.1, 0.15) is 20.8 Å². The van der Waals surface area contributed by atoms with E-state index in [1.54, 1.807) is 6.07 Å². The van der Waals surface area contributed by atoms with E-state index in [0.29, 0.717) is 39.9 Å². The van der Waals surface area contributed by atoms with Crippen molar-refractivity contribution in [3.05, 3.63) is 64.3 Å². The van der Waals surface area contributed by atoms with Gasteiger partial charge >= 0.3 is 7.60 Å². The second kappa shape index (κ2) is 7.10. The molecule has 0 atom stereocenters. The Hall–Kier alpha value is -2.58. The molecule has 1 aromatic heterocycles. The van der Waals surface area contributed by atoms with Crippen molar-refractivity contribution in [2.75, 3.05) is 5.32 Å². The lowest BCUT2D eigenvalue weighted by atomic mass is 10.1. The molecule has 0 radical (unpaired) electrons. The van der Waals surface area contributed by atoms with Crippen LogP contribution in [0.5, 0.6) is 5.75 Å². The van der Waals surface area contributed by atoms with E-state index in [4.69, 9.17) is 14.5 Å². The Morgan fingerprint density at radius 2 is 2.00 bits per heavy atom. The summed E-state index contributed by atoms with van der Waals surface area (Å²) < 4.78 is 30.2. The number of rotatable bonds is 4. The minimum absolute atomic E-state index is 0.290. The summed E-state index contributed by atoms with van der Waals surface area (Å²) in [6.07, 6.45) is -0.385. The van der Waals surface area contributed by atoms with Crippen LogP contribution in [-0.2, 0) is 17.3 Å². The average Bonchev–Trinajstić information content (AvgIpc) is 3.04. The number of hydrogen-bond donors (Lipinski definition) is 3. The minimum Gasteiger partial charge on any atom is -0.487 e. The number of amides is 1. The fourth-order valence-corrected chi connectivity index (χ4v) is 4.41. The van der Waals surface area contributed by atoms with E-state index in [0.717, 1.165) is 4.88 Å². The van der Waals surface area contributed by atoms with Crippen molar-refractivity contribution in [3.8, 4) is 17.0 Å². The van der Waals surface area contributed by atoms with E-state index in [9.17, 15) is 13.8 Å². The fraction of sp³-hybridized carbons (Fsp3) is 0.111. The minimum atomic E-state index is -4.16. The lowest BCUT2D eigenvalue weighted by molar-refractivity contribution is 0.102. The number of fused-ring (bicyclic) bond motifs is 3. The molecule has 1 amide bonds. The molecule has 0 saturated heterocycles. The third-order valence-corrected chi connectivity index (χ3v) is 5.80. The number of ether oxygens (including phenoxy) is 1. The van der Waals surface area contributed by atoms with Crippen molar-refractivity contribution < 1.29 is 28.3 Å². The van der Waals surface area contributed by atoms with E-state index < -0.39 is 19.3 Å². The van der Waals surface area contributed by atoms with Gasteiger partial charge in [-0.2, -0.15) is 0 Å². The first-order valence-electron chi connectivity index (χ1n) is 8.16. The van der Waals surface area contributed by atoms with Gasteiger partial charge in [0.05, 0.1) is 16.7 Å². The zero-order valence-electron chi connectivity index (χ0n) is 14.3. The molecule has 0 saturated carbocycles. The molecule has 0 unspecified atom stereocenters. The third kappa shape index (κ3) is 3.98. The lowest BCUT2D eigenvalue weighted by Gasteiger charge is -2.15. The highest BCUT2D eigenvalue weighted by atomic mass is 32.1. The largest absolute Gasteiger partial charge is 0.487 e. The molecule has 0 spiro atoms. The summed E-state index contributed by atoms with van der Waals surface area (Å²) in [5.41, 5.74) is 1.88. The van der Waals surface area contributed by atoms with Crippen molar-refractivity contribution in [3.63, 3.8) is 0 Å². The molecule has 0 bridgehead atoms. The molecule has 2 aromatic carbocycles. The summed E-state index contributed by atoms with van der Waals surface area (Å²) in [5.74, 6) is -0.267. The molecule has 2 heterocycles. The molecular formula is C18H14FN2O5PS. The van der Waals surface area contributed by atoms with E-state index in [1.165, 1.54) is 47.7 Å². The van der Waals surface area contributed by atoms with E-state index in [2.05, 4.69) is 10.3 Å². The second-order valence-corrected chi connectivity index (χ2v) is 8.92. The number of halogens is 1. The Bertz CT molecular complexity index is 1110. The molecule has 0 fully saturated rings. The highest BCUT2D eigenvalue weighted by Gasteiger charge is 2.23. The number of nitrogens with zero attached hydrogens (tertiary/aromatic N) is 1. The number of carbonyl (C=O) groups is 1. The van der Waals surface area contributed by atoms with Crippen LogP contribution in [0.2, 0.25) is 0 Å². The summed E-state index contributed by atoms with van der Waals surface area (Å²) >= 11 is 1.25. The Kier molecular flexibility index (Phi) is 4.76. The number of anilines is 1. The number of thiazole rings is 1. The van der Waals surface area contributed by atoms with Crippen molar-refractivity contribution in [2.24, 2.45) is 0 Å². The summed E-state index contributed by atoms with van der Waals surface area (Å²) in [5, 5.41) is 3.05. The molecule has 1 aliphatic heterocycles. The third-order valence-electron chi connectivity index (χ3n) is 4.08. The van der Waals surface area contributed by atoms with Gasteiger partial charge in [0.25, 0.3) is 5.91 Å². The topological polar surface area (TPSA) is 109 Å². The first-order chi connectivity index (χ1) is 13.3. The van der Waals surface area contributed by atoms with Gasteiger partial charge in [0, 0.05) is 11.1 Å². The summed E-state index contributed by atoms with van der Waals surface area (Å²) in [6, 6.07) is 10.2. The molecule has 4 rings (SSSR count). The number of benzene rings is 2. The van der Waals surface area contributed by atoms with Crippen molar-refractivity contribution in [1.29, 1.82) is 0 Å². The molecule has 3 aromatic rings. The maximum absolute atomic E-state index is 13.6. The Balaban J connectivity index is 1.53. The van der Waals surface area contributed by atoms with Gasteiger partial charge in [-0.1, -0.05) is 23.5 Å². The average molecular weight is 420 g/mol. The normalized spacial score (nSPS) is 12.7. The van der Waals surface area contributed by atoms with Gasteiger partial charge in [-0.05, 0) is 35.9 Å². The van der Waals surface area contributed by atoms with Crippen LogP contribution in [0.15, 0.2) is 42.5 Å². The fourth-order valence-electron chi connectivity index (χ4n) is 2.84. The van der Waals surface area contributed by atoms with Crippen LogP contribution >= 0.6 is 18.9 Å². The van der Waals surface area contributed by atoms with Gasteiger partial charge in [0.2, 0.25) is 0 Å². The van der Waals surface area contributed by atoms with Crippen LogP contribution in [0.3, 0.4) is 0 Å². The molecule has 0 aliphatic carbocycles. The molecule has 144 valence electrons. The maximum atomic E-state index is 13.6. The highest BCUT2D eigenvalue weighted by Crippen LogP contribution is 2.41. The molecule has 28 heavy (non-hydrogen) atoms. The maximum Gasteiger partial charge on any atom is 0.329 e. The van der Waals surface area contributed by atoms with Crippen LogP contribution in [0.25, 0.3) is 11.3 Å². The van der Waals surface area contributed by atoms with E-state index in [1.807, 2.05) is 0 Å². The molecule has 7 nitrogen and oxygen atoms in total. The Morgan fingerprint density at radius 3 is 2.71 bits per heavy atom. The van der Waals surface area contributed by atoms with Crippen molar-refractivity contribution >= 4 is 30.0 Å². The number of hydrogen-bond acceptors (Lipinski definition) is 5. The van der Waals surface area contributed by atoms with Crippen molar-refractivity contribution in [2.45, 2.75) is 12.8 Å². The number of aromatic nitrogens is 1. The lowest BCUT2D eigenvalue weighted by Crippen LogP contribution is -2.11. The predicted molar refractivity (Wildman–Crippen MR) is 102 cm³/mol. The zero-order chi connectivity index (χ0) is 19.9. The van der Waals surface area contributed by atoms with Gasteiger partial charge in [-0.15, -0.1) is 0 Å². The zero-order valence-corrected chi connectivity index (χ0v) is 16.0. The first-order valence-corrected chi connectivity index (χ1v) is 10.8. The molecular weight excluding hydrogens is 406 g/mol. The highest BCUT2D eigenvalue weighted by molar-refractivity contribution is 7.50. The van der Waals surface area contributed by atoms with Gasteiger partial charge in [0.1, 0.15) is 18.2 Å². The molecule has 10 heteroatoms. The number of carbonyl (C=O) groups excluding carboxylic acids is 1. The monoisotopic (exact) mass is 420 g/mol. The van der Waals surface area contributed by atoms with Gasteiger partial charge in [-0.25, -0.2) is 9.37 Å². The number of nitrogens with one attached hydrogen (secondary N) is 1. The molecule has 1 aliphatic rings. The van der Waals surface area contributed by atoms with E-state index in [-0.39, 0.29) is 6.16 Å². The Morgan fingerprint density at radius 1 is 1.25 bits per heavy atom. The van der Waals surface area contributed by atoms with Crippen molar-refractivity contribution in [1.82, 2.24) is 4.98 Å². The summed E-state index contributed by atoms with van der Waals surface area (Å²) in [7, 11) is -4.16. The molecule has 3 N–H and O–H groups in total. The van der Waals surface area contributed by atoms with Crippen LogP contribution in [-0.4, -0.2) is 20.7 Å². The van der Waals surface area contributed by atoms with Gasteiger partial charge in [0.15, 0.2) is 5.13 Å². The summed E-state index contributed by atoms with van der Waals surface area (Å²) in [4.78, 5) is 35.6. The van der Waals surface area contributed by atoms with Gasteiger partial charge < -0.3 is 14.5 Å². The van der Waals surface area contributed by atoms with Crippen LogP contribution < -0.4 is 10.1 Å². The first kappa shape index (κ1) is 18.8.